The highest BCUT2D eigenvalue weighted by molar-refractivity contribution is 5.97. The number of hydrogen-bond acceptors (Lipinski definition) is 3. The van der Waals surface area contributed by atoms with Gasteiger partial charge in [0, 0.05) is 38.2 Å². The molecule has 2 rings (SSSR count). The largest absolute Gasteiger partial charge is 0.481 e. The van der Waals surface area contributed by atoms with E-state index >= 15 is 0 Å². The number of aliphatic carboxylic acids is 1. The molecule has 0 saturated carbocycles. The van der Waals surface area contributed by atoms with E-state index in [1.54, 1.807) is 9.80 Å². The Hall–Kier alpha value is -2.37. The Morgan fingerprint density at radius 2 is 1.92 bits per heavy atom. The summed E-state index contributed by atoms with van der Waals surface area (Å²) in [6.07, 6.45) is 1.33. The number of hydrogen-bond donors (Lipinski definition) is 1. The van der Waals surface area contributed by atoms with Crippen molar-refractivity contribution in [3.8, 4) is 0 Å². The van der Waals surface area contributed by atoms with E-state index in [4.69, 9.17) is 5.11 Å². The number of carbonyl (C=O) groups excluding carboxylic acids is 2. The molecule has 0 spiro atoms. The van der Waals surface area contributed by atoms with E-state index in [9.17, 15) is 14.4 Å². The van der Waals surface area contributed by atoms with E-state index in [1.165, 1.54) is 0 Å². The van der Waals surface area contributed by atoms with E-state index in [1.807, 2.05) is 38.1 Å². The SMILES string of the molecule is CC(C)CN(CCC(=O)O)C(=O)CCN1C(=O)CCc2ccccc21. The molecule has 0 aromatic heterocycles. The van der Waals surface area contributed by atoms with Gasteiger partial charge in [-0.2, -0.15) is 0 Å². The molecule has 1 aliphatic rings. The number of carbonyl (C=O) groups is 3. The normalized spacial score (nSPS) is 13.7. The van der Waals surface area contributed by atoms with Crippen LogP contribution in [0.1, 0.15) is 38.7 Å². The molecule has 1 aliphatic heterocycles. The van der Waals surface area contributed by atoms with E-state index in [2.05, 4.69) is 0 Å². The Morgan fingerprint density at radius 3 is 2.60 bits per heavy atom. The number of aryl methyl sites for hydroxylation is 1. The van der Waals surface area contributed by atoms with Gasteiger partial charge in [-0.05, 0) is 24.0 Å². The topological polar surface area (TPSA) is 77.9 Å². The lowest BCUT2D eigenvalue weighted by Gasteiger charge is -2.30. The molecule has 1 N–H and O–H groups in total. The zero-order valence-corrected chi connectivity index (χ0v) is 14.9. The fourth-order valence-corrected chi connectivity index (χ4v) is 3.10. The number of para-hydroxylation sites is 1. The zero-order valence-electron chi connectivity index (χ0n) is 14.9. The lowest BCUT2D eigenvalue weighted by Crippen LogP contribution is -2.41. The highest BCUT2D eigenvalue weighted by atomic mass is 16.4. The van der Waals surface area contributed by atoms with Crippen LogP contribution in [0, 0.1) is 5.92 Å². The van der Waals surface area contributed by atoms with Gasteiger partial charge in [0.2, 0.25) is 11.8 Å². The average molecular weight is 346 g/mol. The first-order chi connectivity index (χ1) is 11.9. The summed E-state index contributed by atoms with van der Waals surface area (Å²) in [7, 11) is 0. The van der Waals surface area contributed by atoms with Crippen LogP contribution in [-0.4, -0.2) is 47.4 Å². The number of fused-ring (bicyclic) bond motifs is 1. The molecule has 1 aromatic carbocycles. The highest BCUT2D eigenvalue weighted by Crippen LogP contribution is 2.27. The molecule has 1 heterocycles. The first-order valence-electron chi connectivity index (χ1n) is 8.76. The summed E-state index contributed by atoms with van der Waals surface area (Å²) in [5.41, 5.74) is 2.01. The third kappa shape index (κ3) is 5.31. The Balaban J connectivity index is 2.01. The third-order valence-electron chi connectivity index (χ3n) is 4.27. The molecule has 1 aromatic rings. The van der Waals surface area contributed by atoms with E-state index in [0.29, 0.717) is 19.5 Å². The minimum Gasteiger partial charge on any atom is -0.481 e. The predicted octanol–water partition coefficient (Wildman–Crippen LogP) is 2.32. The van der Waals surface area contributed by atoms with Crippen molar-refractivity contribution in [1.82, 2.24) is 4.90 Å². The number of anilines is 1. The number of carboxylic acid groups (broad SMARTS) is 1. The quantitative estimate of drug-likeness (QED) is 0.783. The van der Waals surface area contributed by atoms with Crippen LogP contribution in [0.25, 0.3) is 0 Å². The number of rotatable bonds is 8. The Morgan fingerprint density at radius 1 is 1.20 bits per heavy atom. The summed E-state index contributed by atoms with van der Waals surface area (Å²) in [5, 5.41) is 8.87. The third-order valence-corrected chi connectivity index (χ3v) is 4.27. The lowest BCUT2D eigenvalue weighted by molar-refractivity contribution is -0.138. The fourth-order valence-electron chi connectivity index (χ4n) is 3.10. The summed E-state index contributed by atoms with van der Waals surface area (Å²) >= 11 is 0. The summed E-state index contributed by atoms with van der Waals surface area (Å²) < 4.78 is 0. The van der Waals surface area contributed by atoms with Crippen LogP contribution in [0.4, 0.5) is 5.69 Å². The molecule has 0 bridgehead atoms. The minimum atomic E-state index is -0.915. The van der Waals surface area contributed by atoms with Gasteiger partial charge in [0.05, 0.1) is 6.42 Å². The maximum Gasteiger partial charge on any atom is 0.305 e. The highest BCUT2D eigenvalue weighted by Gasteiger charge is 2.25. The summed E-state index contributed by atoms with van der Waals surface area (Å²) in [5.74, 6) is -0.727. The number of benzene rings is 1. The summed E-state index contributed by atoms with van der Waals surface area (Å²) in [4.78, 5) is 38.9. The molecule has 0 saturated heterocycles. The van der Waals surface area contributed by atoms with Crippen LogP contribution < -0.4 is 4.90 Å². The summed E-state index contributed by atoms with van der Waals surface area (Å²) in [6, 6.07) is 7.76. The predicted molar refractivity (Wildman–Crippen MR) is 95.4 cm³/mol. The molecular weight excluding hydrogens is 320 g/mol. The van der Waals surface area contributed by atoms with Crippen LogP contribution >= 0.6 is 0 Å². The molecule has 25 heavy (non-hydrogen) atoms. The van der Waals surface area contributed by atoms with E-state index < -0.39 is 5.97 Å². The van der Waals surface area contributed by atoms with Crippen LogP contribution in [0.2, 0.25) is 0 Å². The van der Waals surface area contributed by atoms with Gasteiger partial charge in [-0.1, -0.05) is 32.0 Å². The van der Waals surface area contributed by atoms with E-state index in [0.717, 1.165) is 17.7 Å². The Labute approximate surface area is 148 Å². The molecule has 6 heteroatoms. The van der Waals surface area contributed by atoms with Crippen molar-refractivity contribution in [3.63, 3.8) is 0 Å². The van der Waals surface area contributed by atoms with Gasteiger partial charge in [0.25, 0.3) is 0 Å². The van der Waals surface area contributed by atoms with Gasteiger partial charge in [-0.25, -0.2) is 0 Å². The van der Waals surface area contributed by atoms with Gasteiger partial charge in [0.1, 0.15) is 0 Å². The monoisotopic (exact) mass is 346 g/mol. The number of amides is 2. The molecule has 6 nitrogen and oxygen atoms in total. The minimum absolute atomic E-state index is 0.0347. The van der Waals surface area contributed by atoms with Gasteiger partial charge in [-0.3, -0.25) is 14.4 Å². The second-order valence-corrected chi connectivity index (χ2v) is 6.80. The Bertz CT molecular complexity index is 642. The lowest BCUT2D eigenvalue weighted by atomic mass is 10.0. The first-order valence-corrected chi connectivity index (χ1v) is 8.76. The van der Waals surface area contributed by atoms with E-state index in [-0.39, 0.29) is 37.1 Å². The molecule has 0 fully saturated rings. The van der Waals surface area contributed by atoms with Crippen molar-refractivity contribution >= 4 is 23.5 Å². The van der Waals surface area contributed by atoms with Crippen molar-refractivity contribution in [1.29, 1.82) is 0 Å². The zero-order chi connectivity index (χ0) is 18.4. The Kier molecular flexibility index (Phi) is 6.56. The van der Waals surface area contributed by atoms with Crippen LogP contribution in [0.5, 0.6) is 0 Å². The van der Waals surface area contributed by atoms with Crippen molar-refractivity contribution in [3.05, 3.63) is 29.8 Å². The maximum atomic E-state index is 12.5. The molecule has 0 aliphatic carbocycles. The average Bonchev–Trinajstić information content (AvgIpc) is 2.57. The molecule has 136 valence electrons. The van der Waals surface area contributed by atoms with Gasteiger partial charge < -0.3 is 14.9 Å². The van der Waals surface area contributed by atoms with Gasteiger partial charge in [-0.15, -0.1) is 0 Å². The van der Waals surface area contributed by atoms with Gasteiger partial charge >= 0.3 is 5.97 Å². The van der Waals surface area contributed by atoms with Crippen molar-refractivity contribution in [2.24, 2.45) is 5.92 Å². The first kappa shape index (κ1) is 19.0. The van der Waals surface area contributed by atoms with Crippen molar-refractivity contribution in [2.75, 3.05) is 24.5 Å². The summed E-state index contributed by atoms with van der Waals surface area (Å²) in [6.45, 7) is 5.04. The molecule has 0 radical (unpaired) electrons. The van der Waals surface area contributed by atoms with Crippen LogP contribution in [0.3, 0.4) is 0 Å². The van der Waals surface area contributed by atoms with Crippen LogP contribution in [0.15, 0.2) is 24.3 Å². The second-order valence-electron chi connectivity index (χ2n) is 6.80. The molecule has 2 amide bonds. The number of nitrogens with zero attached hydrogens (tertiary/aromatic N) is 2. The molecule has 0 unspecified atom stereocenters. The maximum absolute atomic E-state index is 12.5. The second kappa shape index (κ2) is 8.65. The van der Waals surface area contributed by atoms with Crippen molar-refractivity contribution < 1.29 is 19.5 Å². The standard InChI is InChI=1S/C19H26N2O4/c1-14(2)13-20(11-10-19(24)25)17(22)9-12-21-16-6-4-3-5-15(16)7-8-18(21)23/h3-6,14H,7-13H2,1-2H3,(H,24,25). The number of carboxylic acids is 1. The van der Waals surface area contributed by atoms with Crippen molar-refractivity contribution in [2.45, 2.75) is 39.5 Å². The molecule has 0 atom stereocenters. The smallest absolute Gasteiger partial charge is 0.305 e. The molecular formula is C19H26N2O4. The van der Waals surface area contributed by atoms with Crippen LogP contribution in [-0.2, 0) is 20.8 Å². The fraction of sp³-hybridized carbons (Fsp3) is 0.526. The van der Waals surface area contributed by atoms with Gasteiger partial charge in [0.15, 0.2) is 0 Å².